The average Bonchev–Trinajstić information content (AvgIpc) is 2.72. The van der Waals surface area contributed by atoms with Crippen LogP contribution in [0.4, 0.5) is 11.5 Å². The molecule has 1 aliphatic rings. The second-order valence-electron chi connectivity index (χ2n) is 4.56. The molecule has 0 aromatic carbocycles. The predicted octanol–water partition coefficient (Wildman–Crippen LogP) is 2.20. The Hall–Kier alpha value is -1.23. The number of thioether (sulfide) groups is 1. The summed E-state index contributed by atoms with van der Waals surface area (Å²) in [6.07, 6.45) is 3.61. The van der Waals surface area contributed by atoms with Crippen molar-refractivity contribution in [3.63, 3.8) is 0 Å². The molecule has 1 fully saturated rings. The van der Waals surface area contributed by atoms with Crippen molar-refractivity contribution in [2.45, 2.75) is 31.4 Å². The SMILES string of the molecule is Cc1cc(NC(=O)C2(C)CCCS2)ncc1N. The van der Waals surface area contributed by atoms with Gasteiger partial charge in [0.2, 0.25) is 5.91 Å². The highest BCUT2D eigenvalue weighted by molar-refractivity contribution is 8.01. The van der Waals surface area contributed by atoms with E-state index in [0.29, 0.717) is 11.5 Å². The number of nitrogen functional groups attached to an aromatic ring is 1. The molecule has 1 aliphatic heterocycles. The number of amides is 1. The molecule has 0 saturated carbocycles. The van der Waals surface area contributed by atoms with E-state index in [2.05, 4.69) is 10.3 Å². The average molecular weight is 251 g/mol. The summed E-state index contributed by atoms with van der Waals surface area (Å²) in [5.41, 5.74) is 7.26. The van der Waals surface area contributed by atoms with Crippen LogP contribution in [0, 0.1) is 6.92 Å². The van der Waals surface area contributed by atoms with Crippen molar-refractivity contribution in [1.29, 1.82) is 0 Å². The zero-order valence-corrected chi connectivity index (χ0v) is 10.9. The molecular formula is C12H17N3OS. The van der Waals surface area contributed by atoms with Gasteiger partial charge in [-0.1, -0.05) is 0 Å². The lowest BCUT2D eigenvalue weighted by Crippen LogP contribution is -2.34. The van der Waals surface area contributed by atoms with Crippen LogP contribution in [0.1, 0.15) is 25.3 Å². The van der Waals surface area contributed by atoms with E-state index in [1.807, 2.05) is 13.8 Å². The summed E-state index contributed by atoms with van der Waals surface area (Å²) in [5, 5.41) is 2.87. The molecule has 1 unspecified atom stereocenters. The molecule has 2 heterocycles. The summed E-state index contributed by atoms with van der Waals surface area (Å²) in [4.78, 5) is 16.2. The molecule has 92 valence electrons. The summed E-state index contributed by atoms with van der Waals surface area (Å²) in [6, 6.07) is 1.80. The number of carbonyl (C=O) groups is 1. The molecular weight excluding hydrogens is 234 g/mol. The Labute approximate surface area is 105 Å². The number of aromatic nitrogens is 1. The number of aryl methyl sites for hydroxylation is 1. The summed E-state index contributed by atoms with van der Waals surface area (Å²) in [6.45, 7) is 3.89. The van der Waals surface area contributed by atoms with Crippen LogP contribution in [0.15, 0.2) is 12.3 Å². The van der Waals surface area contributed by atoms with Crippen molar-refractivity contribution in [1.82, 2.24) is 4.98 Å². The minimum atomic E-state index is -0.309. The van der Waals surface area contributed by atoms with E-state index in [1.165, 1.54) is 0 Å². The molecule has 0 spiro atoms. The summed E-state index contributed by atoms with van der Waals surface area (Å²) < 4.78 is -0.309. The molecule has 2 rings (SSSR count). The highest BCUT2D eigenvalue weighted by Gasteiger charge is 2.37. The Kier molecular flexibility index (Phi) is 3.28. The van der Waals surface area contributed by atoms with Crippen LogP contribution in [0.2, 0.25) is 0 Å². The van der Waals surface area contributed by atoms with Gasteiger partial charge in [0.05, 0.1) is 16.6 Å². The first-order valence-corrected chi connectivity index (χ1v) is 6.67. The molecule has 17 heavy (non-hydrogen) atoms. The van der Waals surface area contributed by atoms with E-state index in [-0.39, 0.29) is 10.7 Å². The number of hydrogen-bond acceptors (Lipinski definition) is 4. The second-order valence-corrected chi connectivity index (χ2v) is 6.16. The van der Waals surface area contributed by atoms with Gasteiger partial charge in [-0.2, -0.15) is 0 Å². The zero-order valence-electron chi connectivity index (χ0n) is 10.1. The van der Waals surface area contributed by atoms with Crippen molar-refractivity contribution >= 4 is 29.2 Å². The van der Waals surface area contributed by atoms with Crippen LogP contribution in [0.5, 0.6) is 0 Å². The van der Waals surface area contributed by atoms with Gasteiger partial charge in [-0.15, -0.1) is 11.8 Å². The third-order valence-corrected chi connectivity index (χ3v) is 4.61. The topological polar surface area (TPSA) is 68.0 Å². The number of carbonyl (C=O) groups excluding carboxylic acids is 1. The molecule has 4 nitrogen and oxygen atoms in total. The standard InChI is InChI=1S/C12H17N3OS/c1-8-6-10(14-7-9(8)13)15-11(16)12(2)4-3-5-17-12/h6-7H,3-5,13H2,1-2H3,(H,14,15,16). The Balaban J connectivity index is 2.10. The highest BCUT2D eigenvalue weighted by Crippen LogP contribution is 2.38. The van der Waals surface area contributed by atoms with E-state index in [1.54, 1.807) is 24.0 Å². The van der Waals surface area contributed by atoms with Gasteiger partial charge >= 0.3 is 0 Å². The molecule has 0 radical (unpaired) electrons. The molecule has 1 amide bonds. The first-order chi connectivity index (χ1) is 8.01. The Morgan fingerprint density at radius 3 is 3.00 bits per heavy atom. The largest absolute Gasteiger partial charge is 0.397 e. The maximum Gasteiger partial charge on any atom is 0.241 e. The van der Waals surface area contributed by atoms with Crippen LogP contribution in [-0.4, -0.2) is 21.4 Å². The van der Waals surface area contributed by atoms with Crippen LogP contribution < -0.4 is 11.1 Å². The van der Waals surface area contributed by atoms with Crippen molar-refractivity contribution in [2.75, 3.05) is 16.8 Å². The molecule has 1 aromatic rings. The fourth-order valence-corrected chi connectivity index (χ4v) is 3.05. The molecule has 3 N–H and O–H groups in total. The number of anilines is 2. The van der Waals surface area contributed by atoms with E-state index >= 15 is 0 Å². The van der Waals surface area contributed by atoms with Crippen molar-refractivity contribution in [2.24, 2.45) is 0 Å². The number of hydrogen-bond donors (Lipinski definition) is 2. The smallest absolute Gasteiger partial charge is 0.241 e. The summed E-state index contributed by atoms with van der Waals surface area (Å²) in [7, 11) is 0. The number of pyridine rings is 1. The van der Waals surface area contributed by atoms with Crippen LogP contribution in [0.3, 0.4) is 0 Å². The lowest BCUT2D eigenvalue weighted by molar-refractivity contribution is -0.118. The lowest BCUT2D eigenvalue weighted by atomic mass is 10.1. The highest BCUT2D eigenvalue weighted by atomic mass is 32.2. The Morgan fingerprint density at radius 2 is 2.41 bits per heavy atom. The third-order valence-electron chi connectivity index (χ3n) is 3.09. The fourth-order valence-electron chi connectivity index (χ4n) is 1.84. The number of nitrogens with two attached hydrogens (primary N) is 1. The van der Waals surface area contributed by atoms with Gasteiger partial charge in [0, 0.05) is 0 Å². The van der Waals surface area contributed by atoms with Crippen molar-refractivity contribution < 1.29 is 4.79 Å². The van der Waals surface area contributed by atoms with E-state index in [9.17, 15) is 4.79 Å². The van der Waals surface area contributed by atoms with Gasteiger partial charge in [-0.25, -0.2) is 4.98 Å². The van der Waals surface area contributed by atoms with Gasteiger partial charge in [0.1, 0.15) is 5.82 Å². The number of nitrogens with zero attached hydrogens (tertiary/aromatic N) is 1. The quantitative estimate of drug-likeness (QED) is 0.845. The summed E-state index contributed by atoms with van der Waals surface area (Å²) in [5.74, 6) is 1.67. The molecule has 0 bridgehead atoms. The fraction of sp³-hybridized carbons (Fsp3) is 0.500. The summed E-state index contributed by atoms with van der Waals surface area (Å²) >= 11 is 1.71. The van der Waals surface area contributed by atoms with Crippen LogP contribution in [-0.2, 0) is 4.79 Å². The minimum absolute atomic E-state index is 0.0386. The maximum atomic E-state index is 12.1. The Bertz CT molecular complexity index is 441. The monoisotopic (exact) mass is 251 g/mol. The molecule has 5 heteroatoms. The van der Waals surface area contributed by atoms with Gasteiger partial charge < -0.3 is 11.1 Å². The first-order valence-electron chi connectivity index (χ1n) is 5.69. The predicted molar refractivity (Wildman–Crippen MR) is 72.1 cm³/mol. The lowest BCUT2D eigenvalue weighted by Gasteiger charge is -2.21. The number of nitrogens with one attached hydrogen (secondary N) is 1. The third kappa shape index (κ3) is 2.54. The van der Waals surface area contributed by atoms with E-state index in [0.717, 1.165) is 24.2 Å². The number of rotatable bonds is 2. The van der Waals surface area contributed by atoms with Gasteiger partial charge in [-0.3, -0.25) is 4.79 Å². The molecule has 0 aliphatic carbocycles. The Morgan fingerprint density at radius 1 is 1.65 bits per heavy atom. The van der Waals surface area contributed by atoms with Crippen molar-refractivity contribution in [3.05, 3.63) is 17.8 Å². The minimum Gasteiger partial charge on any atom is -0.397 e. The van der Waals surface area contributed by atoms with Gasteiger partial charge in [0.25, 0.3) is 0 Å². The maximum absolute atomic E-state index is 12.1. The molecule has 1 atom stereocenters. The molecule has 1 saturated heterocycles. The van der Waals surface area contributed by atoms with Crippen LogP contribution in [0.25, 0.3) is 0 Å². The van der Waals surface area contributed by atoms with Crippen LogP contribution >= 0.6 is 11.8 Å². The second kappa shape index (κ2) is 4.56. The van der Waals surface area contributed by atoms with Gasteiger partial charge in [-0.05, 0) is 44.1 Å². The zero-order chi connectivity index (χ0) is 12.5. The van der Waals surface area contributed by atoms with E-state index < -0.39 is 0 Å². The molecule has 1 aromatic heterocycles. The first kappa shape index (κ1) is 12.2. The van der Waals surface area contributed by atoms with E-state index in [4.69, 9.17) is 5.73 Å². The normalized spacial score (nSPS) is 23.6. The van der Waals surface area contributed by atoms with Gasteiger partial charge in [0.15, 0.2) is 0 Å². The van der Waals surface area contributed by atoms with Crippen molar-refractivity contribution in [3.8, 4) is 0 Å².